The highest BCUT2D eigenvalue weighted by Crippen LogP contribution is 2.15. The lowest BCUT2D eigenvalue weighted by molar-refractivity contribution is -0.124. The highest BCUT2D eigenvalue weighted by atomic mass is 32.1. The van der Waals surface area contributed by atoms with Crippen molar-refractivity contribution in [2.45, 2.75) is 26.3 Å². The lowest BCUT2D eigenvalue weighted by atomic mass is 10.2. The molecule has 0 unspecified atom stereocenters. The monoisotopic (exact) mass is 297 g/mol. The third-order valence-electron chi connectivity index (χ3n) is 2.47. The zero-order chi connectivity index (χ0) is 15.0. The summed E-state index contributed by atoms with van der Waals surface area (Å²) < 4.78 is 4.90. The van der Waals surface area contributed by atoms with Gasteiger partial charge in [-0.15, -0.1) is 17.9 Å². The molecule has 1 atom stereocenters. The molecular formula is C13H19N3O3S. The van der Waals surface area contributed by atoms with Crippen LogP contribution >= 0.6 is 11.3 Å². The minimum Gasteiger partial charge on any atom is -0.451 e. The van der Waals surface area contributed by atoms with Gasteiger partial charge in [0.1, 0.15) is 0 Å². The normalized spacial score (nSPS) is 11.5. The van der Waals surface area contributed by atoms with Crippen molar-refractivity contribution >= 4 is 28.3 Å². The maximum absolute atomic E-state index is 11.7. The number of aromatic nitrogens is 1. The van der Waals surface area contributed by atoms with Gasteiger partial charge >= 0.3 is 5.97 Å². The maximum Gasteiger partial charge on any atom is 0.358 e. The summed E-state index contributed by atoms with van der Waals surface area (Å²) in [5, 5.41) is 7.88. The van der Waals surface area contributed by atoms with Crippen molar-refractivity contribution in [3.05, 3.63) is 23.7 Å². The second-order valence-electron chi connectivity index (χ2n) is 4.16. The number of hydrogen-bond acceptors (Lipinski definition) is 6. The Bertz CT molecular complexity index is 473. The Morgan fingerprint density at radius 3 is 3.00 bits per heavy atom. The van der Waals surface area contributed by atoms with Gasteiger partial charge in [-0.05, 0) is 13.3 Å². The third-order valence-corrected chi connectivity index (χ3v) is 3.27. The summed E-state index contributed by atoms with van der Waals surface area (Å²) in [4.78, 5) is 27.2. The first-order valence-electron chi connectivity index (χ1n) is 6.33. The van der Waals surface area contributed by atoms with Crippen LogP contribution in [0.5, 0.6) is 0 Å². The third kappa shape index (κ3) is 5.40. The molecule has 0 fully saturated rings. The molecule has 7 heteroatoms. The van der Waals surface area contributed by atoms with E-state index in [4.69, 9.17) is 4.74 Å². The summed E-state index contributed by atoms with van der Waals surface area (Å²) in [7, 11) is 0. The first kappa shape index (κ1) is 16.2. The molecule has 110 valence electrons. The van der Waals surface area contributed by atoms with Gasteiger partial charge in [0.2, 0.25) is 0 Å². The van der Waals surface area contributed by atoms with Gasteiger partial charge in [0.15, 0.2) is 17.4 Å². The van der Waals surface area contributed by atoms with Gasteiger partial charge in [0.25, 0.3) is 5.91 Å². The number of hydrogen-bond donors (Lipinski definition) is 2. The Labute approximate surface area is 122 Å². The van der Waals surface area contributed by atoms with Crippen LogP contribution in [0.25, 0.3) is 0 Å². The van der Waals surface area contributed by atoms with Gasteiger partial charge in [-0.1, -0.05) is 13.0 Å². The summed E-state index contributed by atoms with van der Waals surface area (Å²) in [6, 6.07) is 0.0650. The molecule has 1 aromatic rings. The Morgan fingerprint density at radius 2 is 2.35 bits per heavy atom. The van der Waals surface area contributed by atoms with Gasteiger partial charge in [-0.3, -0.25) is 4.79 Å². The molecule has 1 heterocycles. The minimum atomic E-state index is -0.604. The van der Waals surface area contributed by atoms with E-state index in [-0.39, 0.29) is 24.2 Å². The zero-order valence-electron chi connectivity index (χ0n) is 11.6. The number of rotatable bonds is 8. The Morgan fingerprint density at radius 1 is 1.60 bits per heavy atom. The maximum atomic E-state index is 11.7. The van der Waals surface area contributed by atoms with Gasteiger partial charge in [-0.25, -0.2) is 9.78 Å². The summed E-state index contributed by atoms with van der Waals surface area (Å²) >= 11 is 1.29. The largest absolute Gasteiger partial charge is 0.451 e. The van der Waals surface area contributed by atoms with Crippen molar-refractivity contribution in [1.82, 2.24) is 10.3 Å². The van der Waals surface area contributed by atoms with Crippen LogP contribution in [-0.2, 0) is 9.53 Å². The van der Waals surface area contributed by atoms with Crippen LogP contribution in [0.2, 0.25) is 0 Å². The lowest BCUT2D eigenvalue weighted by Gasteiger charge is -2.10. The van der Waals surface area contributed by atoms with Crippen LogP contribution in [-0.4, -0.2) is 36.1 Å². The summed E-state index contributed by atoms with van der Waals surface area (Å²) in [5.74, 6) is -0.917. The van der Waals surface area contributed by atoms with Crippen molar-refractivity contribution in [1.29, 1.82) is 0 Å². The van der Waals surface area contributed by atoms with Crippen LogP contribution in [0.3, 0.4) is 0 Å². The number of esters is 1. The minimum absolute atomic E-state index is 0.0650. The molecule has 1 aromatic heterocycles. The van der Waals surface area contributed by atoms with E-state index >= 15 is 0 Å². The quantitative estimate of drug-likeness (QED) is 0.565. The number of carbonyl (C=O) groups excluding carboxylic acids is 2. The van der Waals surface area contributed by atoms with Crippen LogP contribution in [0.4, 0.5) is 5.13 Å². The predicted molar refractivity (Wildman–Crippen MR) is 79.0 cm³/mol. The Balaban J connectivity index is 2.40. The summed E-state index contributed by atoms with van der Waals surface area (Å²) in [5.41, 5.74) is 0.193. The van der Waals surface area contributed by atoms with E-state index < -0.39 is 5.97 Å². The molecule has 0 bridgehead atoms. The fraction of sp³-hybridized carbons (Fsp3) is 0.462. The summed E-state index contributed by atoms with van der Waals surface area (Å²) in [6.07, 6.45) is 2.52. The van der Waals surface area contributed by atoms with Crippen LogP contribution in [0, 0.1) is 0 Å². The molecule has 0 aliphatic carbocycles. The van der Waals surface area contributed by atoms with Crippen molar-refractivity contribution < 1.29 is 14.3 Å². The SMILES string of the molecule is C=CCNc1nc(C(=O)OCC(=O)N[C@H](C)CC)cs1. The number of amides is 1. The molecule has 1 rings (SSSR count). The second kappa shape index (κ2) is 8.31. The molecule has 0 radical (unpaired) electrons. The molecule has 0 aromatic carbocycles. The first-order chi connectivity index (χ1) is 9.56. The standard InChI is InChI=1S/C13H19N3O3S/c1-4-6-14-13-16-10(8-20-13)12(18)19-7-11(17)15-9(3)5-2/h4,8-9H,1,5-7H2,2-3H3,(H,14,16)(H,15,17)/t9-/m1/s1. The highest BCUT2D eigenvalue weighted by molar-refractivity contribution is 7.13. The topological polar surface area (TPSA) is 80.3 Å². The Kier molecular flexibility index (Phi) is 6.72. The number of nitrogens with zero attached hydrogens (tertiary/aromatic N) is 1. The number of ether oxygens (including phenoxy) is 1. The molecule has 0 aliphatic rings. The molecule has 1 amide bonds. The molecular weight excluding hydrogens is 278 g/mol. The van der Waals surface area contributed by atoms with Gasteiger partial charge in [-0.2, -0.15) is 0 Å². The zero-order valence-corrected chi connectivity index (χ0v) is 12.5. The van der Waals surface area contributed by atoms with E-state index in [9.17, 15) is 9.59 Å². The molecule has 20 heavy (non-hydrogen) atoms. The lowest BCUT2D eigenvalue weighted by Crippen LogP contribution is -2.35. The van der Waals surface area contributed by atoms with E-state index in [0.29, 0.717) is 11.7 Å². The molecule has 2 N–H and O–H groups in total. The Hall–Kier alpha value is -1.89. The molecule has 0 saturated carbocycles. The average Bonchev–Trinajstić information content (AvgIpc) is 2.91. The van der Waals surface area contributed by atoms with Gasteiger partial charge in [0, 0.05) is 18.0 Å². The number of thiazole rings is 1. The number of nitrogens with one attached hydrogen (secondary N) is 2. The van der Waals surface area contributed by atoms with Crippen LogP contribution in [0.15, 0.2) is 18.0 Å². The van der Waals surface area contributed by atoms with E-state index in [2.05, 4.69) is 22.2 Å². The van der Waals surface area contributed by atoms with Crippen molar-refractivity contribution in [2.75, 3.05) is 18.5 Å². The number of carbonyl (C=O) groups is 2. The van der Waals surface area contributed by atoms with E-state index in [1.807, 2.05) is 13.8 Å². The van der Waals surface area contributed by atoms with E-state index in [1.165, 1.54) is 11.3 Å². The van der Waals surface area contributed by atoms with E-state index in [1.54, 1.807) is 11.5 Å². The molecule has 0 saturated heterocycles. The van der Waals surface area contributed by atoms with Gasteiger partial charge < -0.3 is 15.4 Å². The van der Waals surface area contributed by atoms with E-state index in [0.717, 1.165) is 6.42 Å². The first-order valence-corrected chi connectivity index (χ1v) is 7.21. The average molecular weight is 297 g/mol. The fourth-order valence-electron chi connectivity index (χ4n) is 1.23. The highest BCUT2D eigenvalue weighted by Gasteiger charge is 2.14. The number of anilines is 1. The second-order valence-corrected chi connectivity index (χ2v) is 5.02. The van der Waals surface area contributed by atoms with Crippen LogP contribution < -0.4 is 10.6 Å². The van der Waals surface area contributed by atoms with Crippen molar-refractivity contribution in [2.24, 2.45) is 0 Å². The van der Waals surface area contributed by atoms with Gasteiger partial charge in [0.05, 0.1) is 0 Å². The molecule has 6 nitrogen and oxygen atoms in total. The molecule has 0 spiro atoms. The smallest absolute Gasteiger partial charge is 0.358 e. The van der Waals surface area contributed by atoms with Crippen molar-refractivity contribution in [3.63, 3.8) is 0 Å². The molecule has 0 aliphatic heterocycles. The van der Waals surface area contributed by atoms with Crippen molar-refractivity contribution in [3.8, 4) is 0 Å². The van der Waals surface area contributed by atoms with Crippen LogP contribution in [0.1, 0.15) is 30.8 Å². The predicted octanol–water partition coefficient (Wildman–Crippen LogP) is 1.81. The summed E-state index contributed by atoms with van der Waals surface area (Å²) in [6.45, 7) is 7.70. The fourth-order valence-corrected chi connectivity index (χ4v) is 1.92.